The van der Waals surface area contributed by atoms with Gasteiger partial charge in [0.25, 0.3) is 0 Å². The van der Waals surface area contributed by atoms with Crippen molar-refractivity contribution in [2.24, 2.45) is 0 Å². The van der Waals surface area contributed by atoms with E-state index in [1.54, 1.807) is 32.6 Å². The summed E-state index contributed by atoms with van der Waals surface area (Å²) in [6, 6.07) is 6.03. The largest absolute Gasteiger partial charge is 0.444 e. The third-order valence-electron chi connectivity index (χ3n) is 5.26. The molecule has 2 N–H and O–H groups in total. The van der Waals surface area contributed by atoms with Gasteiger partial charge in [0, 0.05) is 13.1 Å². The number of rotatable bonds is 12. The molecule has 186 valence electrons. The summed E-state index contributed by atoms with van der Waals surface area (Å²) in [5, 5.41) is 5.65. The predicted molar refractivity (Wildman–Crippen MR) is 132 cm³/mol. The van der Waals surface area contributed by atoms with Crippen LogP contribution in [-0.2, 0) is 14.3 Å². The van der Waals surface area contributed by atoms with Crippen molar-refractivity contribution in [3.63, 3.8) is 0 Å². The number of ether oxygens (including phenoxy) is 1. The maximum Gasteiger partial charge on any atom is 0.408 e. The summed E-state index contributed by atoms with van der Waals surface area (Å²) in [6.07, 6.45) is 3.95. The van der Waals surface area contributed by atoms with Crippen LogP contribution in [0, 0.1) is 6.92 Å². The molecule has 0 heterocycles. The van der Waals surface area contributed by atoms with Gasteiger partial charge in [-0.1, -0.05) is 57.4 Å². The van der Waals surface area contributed by atoms with E-state index in [2.05, 4.69) is 17.6 Å². The Bertz CT molecular complexity index is 773. The van der Waals surface area contributed by atoms with E-state index in [1.165, 1.54) is 0 Å². The normalized spacial score (nSPS) is 13.1. The fourth-order valence-corrected chi connectivity index (χ4v) is 3.52. The van der Waals surface area contributed by atoms with Crippen LogP contribution in [0.15, 0.2) is 24.3 Å². The van der Waals surface area contributed by atoms with Gasteiger partial charge in [0.2, 0.25) is 11.8 Å². The first-order valence-corrected chi connectivity index (χ1v) is 12.1. The van der Waals surface area contributed by atoms with Crippen molar-refractivity contribution in [3.05, 3.63) is 35.4 Å². The second-order valence-electron chi connectivity index (χ2n) is 9.51. The topological polar surface area (TPSA) is 87.7 Å². The smallest absolute Gasteiger partial charge is 0.408 e. The molecular formula is C26H43N3O4. The molecule has 0 saturated heterocycles. The number of hydrogen-bond acceptors (Lipinski definition) is 4. The summed E-state index contributed by atoms with van der Waals surface area (Å²) in [7, 11) is 0. The van der Waals surface area contributed by atoms with Crippen molar-refractivity contribution in [1.82, 2.24) is 15.5 Å². The number of nitrogens with one attached hydrogen (secondary N) is 2. The summed E-state index contributed by atoms with van der Waals surface area (Å²) in [5.41, 5.74) is 1.06. The Hall–Kier alpha value is -2.57. The molecule has 0 aromatic heterocycles. The van der Waals surface area contributed by atoms with E-state index < -0.39 is 23.8 Å². The van der Waals surface area contributed by atoms with Crippen LogP contribution in [0.3, 0.4) is 0 Å². The second kappa shape index (κ2) is 13.9. The number of alkyl carbamates (subject to hydrolysis) is 1. The SMILES string of the molecule is CCCCCNC(=O)C(c1ccccc1C)N(CCCC)C(=O)C(C)NC(=O)OC(C)(C)C. The van der Waals surface area contributed by atoms with E-state index in [0.717, 1.165) is 43.2 Å². The van der Waals surface area contributed by atoms with Gasteiger partial charge in [-0.05, 0) is 58.6 Å². The molecule has 2 unspecified atom stereocenters. The van der Waals surface area contributed by atoms with Crippen molar-refractivity contribution in [1.29, 1.82) is 0 Å². The van der Waals surface area contributed by atoms with Gasteiger partial charge >= 0.3 is 6.09 Å². The summed E-state index contributed by atoms with van der Waals surface area (Å²) in [6.45, 7) is 14.0. The Balaban J connectivity index is 3.21. The lowest BCUT2D eigenvalue weighted by Crippen LogP contribution is -2.52. The Morgan fingerprint density at radius 1 is 1.03 bits per heavy atom. The molecule has 1 rings (SSSR count). The van der Waals surface area contributed by atoms with Gasteiger partial charge in [0.1, 0.15) is 17.7 Å². The van der Waals surface area contributed by atoms with E-state index in [0.29, 0.717) is 13.1 Å². The molecule has 0 radical (unpaired) electrons. The van der Waals surface area contributed by atoms with Crippen molar-refractivity contribution in [2.75, 3.05) is 13.1 Å². The molecule has 7 heteroatoms. The van der Waals surface area contributed by atoms with Gasteiger partial charge in [-0.25, -0.2) is 4.79 Å². The van der Waals surface area contributed by atoms with Crippen molar-refractivity contribution >= 4 is 17.9 Å². The molecule has 0 spiro atoms. The van der Waals surface area contributed by atoms with Crippen LogP contribution >= 0.6 is 0 Å². The lowest BCUT2D eigenvalue weighted by atomic mass is 9.98. The van der Waals surface area contributed by atoms with Gasteiger partial charge in [0.15, 0.2) is 0 Å². The molecule has 0 bridgehead atoms. The van der Waals surface area contributed by atoms with Gasteiger partial charge in [-0.2, -0.15) is 0 Å². The second-order valence-corrected chi connectivity index (χ2v) is 9.51. The molecular weight excluding hydrogens is 418 g/mol. The highest BCUT2D eigenvalue weighted by atomic mass is 16.6. The number of hydrogen-bond donors (Lipinski definition) is 2. The number of aryl methyl sites for hydroxylation is 1. The number of carbonyl (C=O) groups is 3. The number of nitrogens with zero attached hydrogens (tertiary/aromatic N) is 1. The monoisotopic (exact) mass is 461 g/mol. The molecule has 0 aliphatic rings. The van der Waals surface area contributed by atoms with Gasteiger partial charge in [-0.3, -0.25) is 9.59 Å². The summed E-state index contributed by atoms with van der Waals surface area (Å²) < 4.78 is 5.31. The minimum atomic E-state index is -0.837. The first kappa shape index (κ1) is 28.5. The average molecular weight is 462 g/mol. The first-order valence-electron chi connectivity index (χ1n) is 12.1. The minimum absolute atomic E-state index is 0.200. The molecule has 7 nitrogen and oxygen atoms in total. The molecule has 0 saturated carbocycles. The molecule has 1 aromatic rings. The van der Waals surface area contributed by atoms with Crippen LogP contribution in [0.2, 0.25) is 0 Å². The predicted octanol–water partition coefficient (Wildman–Crippen LogP) is 4.88. The third-order valence-corrected chi connectivity index (χ3v) is 5.26. The molecule has 33 heavy (non-hydrogen) atoms. The summed E-state index contributed by atoms with van der Waals surface area (Å²) in [5.74, 6) is -0.513. The molecule has 0 fully saturated rings. The zero-order valence-electron chi connectivity index (χ0n) is 21.5. The lowest BCUT2D eigenvalue weighted by molar-refractivity contribution is -0.142. The third kappa shape index (κ3) is 9.84. The van der Waals surface area contributed by atoms with Crippen LogP contribution in [0.5, 0.6) is 0 Å². The van der Waals surface area contributed by atoms with E-state index in [-0.39, 0.29) is 11.8 Å². The number of benzene rings is 1. The first-order chi connectivity index (χ1) is 15.5. The van der Waals surface area contributed by atoms with Crippen LogP contribution in [-0.4, -0.2) is 47.5 Å². The Morgan fingerprint density at radius 2 is 1.67 bits per heavy atom. The van der Waals surface area contributed by atoms with Crippen molar-refractivity contribution in [3.8, 4) is 0 Å². The summed E-state index contributed by atoms with van der Waals surface area (Å²) in [4.78, 5) is 40.8. The minimum Gasteiger partial charge on any atom is -0.444 e. The lowest BCUT2D eigenvalue weighted by Gasteiger charge is -2.34. The van der Waals surface area contributed by atoms with Crippen LogP contribution in [0.25, 0.3) is 0 Å². The van der Waals surface area contributed by atoms with Gasteiger partial charge in [-0.15, -0.1) is 0 Å². The molecule has 0 aliphatic heterocycles. The number of unbranched alkanes of at least 4 members (excludes halogenated alkanes) is 3. The maximum atomic E-state index is 13.5. The fourth-order valence-electron chi connectivity index (χ4n) is 3.52. The average Bonchev–Trinajstić information content (AvgIpc) is 2.73. The zero-order valence-corrected chi connectivity index (χ0v) is 21.5. The van der Waals surface area contributed by atoms with E-state index in [1.807, 2.05) is 38.1 Å². The molecule has 0 aliphatic carbocycles. The quantitative estimate of drug-likeness (QED) is 0.434. The Kier molecular flexibility index (Phi) is 12.0. The van der Waals surface area contributed by atoms with Crippen LogP contribution in [0.1, 0.15) is 90.8 Å². The van der Waals surface area contributed by atoms with Crippen LogP contribution in [0.4, 0.5) is 4.79 Å². The van der Waals surface area contributed by atoms with Gasteiger partial charge in [0.05, 0.1) is 0 Å². The summed E-state index contributed by atoms with van der Waals surface area (Å²) >= 11 is 0. The van der Waals surface area contributed by atoms with Crippen molar-refractivity contribution < 1.29 is 19.1 Å². The number of carbonyl (C=O) groups excluding carboxylic acids is 3. The van der Waals surface area contributed by atoms with Gasteiger partial charge < -0.3 is 20.3 Å². The Morgan fingerprint density at radius 3 is 2.24 bits per heavy atom. The highest BCUT2D eigenvalue weighted by molar-refractivity contribution is 5.92. The fraction of sp³-hybridized carbons (Fsp3) is 0.654. The van der Waals surface area contributed by atoms with E-state index >= 15 is 0 Å². The Labute approximate surface area is 199 Å². The standard InChI is InChI=1S/C26H43N3O4/c1-8-10-14-17-27-23(30)22(21-16-13-12-15-19(21)3)29(18-11-9-2)24(31)20(4)28-25(32)33-26(5,6)7/h12-13,15-16,20,22H,8-11,14,17-18H2,1-7H3,(H,27,30)(H,28,32). The highest BCUT2D eigenvalue weighted by Crippen LogP contribution is 2.26. The maximum absolute atomic E-state index is 13.5. The van der Waals surface area contributed by atoms with E-state index in [4.69, 9.17) is 4.74 Å². The molecule has 2 atom stereocenters. The molecule has 1 aromatic carbocycles. The number of amides is 3. The highest BCUT2D eigenvalue weighted by Gasteiger charge is 2.34. The molecule has 3 amide bonds. The van der Waals surface area contributed by atoms with Crippen LogP contribution < -0.4 is 10.6 Å². The van der Waals surface area contributed by atoms with E-state index in [9.17, 15) is 14.4 Å². The zero-order chi connectivity index (χ0) is 25.0. The van der Waals surface area contributed by atoms with Crippen molar-refractivity contribution in [2.45, 2.75) is 98.3 Å².